The van der Waals surface area contributed by atoms with Crippen LogP contribution in [0.1, 0.15) is 12.8 Å². The minimum atomic E-state index is -0.659. The summed E-state index contributed by atoms with van der Waals surface area (Å²) in [5.74, 6) is -0.352. The molecule has 1 saturated carbocycles. The highest BCUT2D eigenvalue weighted by Gasteiger charge is 2.41. The van der Waals surface area contributed by atoms with Gasteiger partial charge in [0, 0.05) is 0 Å². The van der Waals surface area contributed by atoms with E-state index in [1.54, 1.807) is 0 Å². The Hall–Kier alpha value is -0.570. The molecule has 1 aliphatic carbocycles. The standard InChI is InChI=1S/C6H11NO2/c7-2-1-4-3-5(4)6(8)9/h4-5H,1-3,7H2,(H,8,9)/t4-,5-/m0/s1. The normalized spacial score (nSPS) is 32.1. The van der Waals surface area contributed by atoms with Crippen LogP contribution in [-0.4, -0.2) is 17.6 Å². The molecule has 0 aromatic rings. The fourth-order valence-corrected chi connectivity index (χ4v) is 1.08. The Morgan fingerprint density at radius 1 is 1.78 bits per heavy atom. The highest BCUT2D eigenvalue weighted by Crippen LogP contribution is 2.40. The summed E-state index contributed by atoms with van der Waals surface area (Å²) in [5, 5.41) is 8.41. The summed E-state index contributed by atoms with van der Waals surface area (Å²) in [6.07, 6.45) is 1.71. The predicted molar refractivity (Wildman–Crippen MR) is 32.9 cm³/mol. The van der Waals surface area contributed by atoms with E-state index < -0.39 is 5.97 Å². The number of hydrogen-bond donors (Lipinski definition) is 2. The molecule has 2 atom stereocenters. The van der Waals surface area contributed by atoms with Gasteiger partial charge in [-0.05, 0) is 25.3 Å². The molecule has 0 amide bonds. The second-order valence-corrected chi connectivity index (χ2v) is 2.52. The first-order valence-electron chi connectivity index (χ1n) is 3.18. The predicted octanol–water partition coefficient (Wildman–Crippen LogP) is 0.0559. The Labute approximate surface area is 53.9 Å². The summed E-state index contributed by atoms with van der Waals surface area (Å²) in [7, 11) is 0. The van der Waals surface area contributed by atoms with Crippen LogP contribution in [0.2, 0.25) is 0 Å². The van der Waals surface area contributed by atoms with Gasteiger partial charge in [-0.15, -0.1) is 0 Å². The van der Waals surface area contributed by atoms with Crippen LogP contribution < -0.4 is 5.73 Å². The molecule has 3 heteroatoms. The average molecular weight is 129 g/mol. The number of rotatable bonds is 3. The summed E-state index contributed by atoms with van der Waals surface area (Å²) in [6, 6.07) is 0. The molecule has 0 aliphatic heterocycles. The van der Waals surface area contributed by atoms with Gasteiger partial charge in [-0.3, -0.25) is 4.79 Å². The molecular formula is C6H11NO2. The number of carbonyl (C=O) groups is 1. The molecule has 0 spiro atoms. The molecule has 0 heterocycles. The highest BCUT2D eigenvalue weighted by atomic mass is 16.4. The number of aliphatic carboxylic acids is 1. The summed E-state index contributed by atoms with van der Waals surface area (Å²) in [5.41, 5.74) is 5.24. The minimum Gasteiger partial charge on any atom is -0.481 e. The van der Waals surface area contributed by atoms with Gasteiger partial charge in [-0.25, -0.2) is 0 Å². The fraction of sp³-hybridized carbons (Fsp3) is 0.833. The molecule has 1 aliphatic rings. The van der Waals surface area contributed by atoms with Gasteiger partial charge in [0.05, 0.1) is 5.92 Å². The molecule has 0 saturated heterocycles. The third-order valence-corrected chi connectivity index (χ3v) is 1.78. The van der Waals surface area contributed by atoms with Gasteiger partial charge in [-0.1, -0.05) is 0 Å². The van der Waals surface area contributed by atoms with Gasteiger partial charge in [0.2, 0.25) is 0 Å². The minimum absolute atomic E-state index is 0.0754. The van der Waals surface area contributed by atoms with Crippen molar-refractivity contribution in [3.8, 4) is 0 Å². The van der Waals surface area contributed by atoms with E-state index >= 15 is 0 Å². The van der Waals surface area contributed by atoms with E-state index in [9.17, 15) is 4.79 Å². The zero-order valence-corrected chi connectivity index (χ0v) is 5.21. The molecule has 0 radical (unpaired) electrons. The molecule has 1 rings (SSSR count). The monoisotopic (exact) mass is 129 g/mol. The number of hydrogen-bond acceptors (Lipinski definition) is 2. The van der Waals surface area contributed by atoms with Gasteiger partial charge in [0.1, 0.15) is 0 Å². The average Bonchev–Trinajstić information content (AvgIpc) is 2.47. The van der Waals surface area contributed by atoms with E-state index in [1.165, 1.54) is 0 Å². The van der Waals surface area contributed by atoms with Gasteiger partial charge < -0.3 is 10.8 Å². The van der Waals surface area contributed by atoms with Crippen molar-refractivity contribution in [3.05, 3.63) is 0 Å². The molecule has 3 N–H and O–H groups in total. The van der Waals surface area contributed by atoms with Crippen molar-refractivity contribution in [2.75, 3.05) is 6.54 Å². The second-order valence-electron chi connectivity index (χ2n) is 2.52. The first kappa shape index (κ1) is 6.55. The van der Waals surface area contributed by atoms with E-state index in [2.05, 4.69) is 0 Å². The molecule has 3 nitrogen and oxygen atoms in total. The zero-order valence-electron chi connectivity index (χ0n) is 5.21. The van der Waals surface area contributed by atoms with Crippen molar-refractivity contribution >= 4 is 5.97 Å². The van der Waals surface area contributed by atoms with Gasteiger partial charge >= 0.3 is 5.97 Å². The third kappa shape index (κ3) is 1.42. The van der Waals surface area contributed by atoms with Crippen LogP contribution in [0.3, 0.4) is 0 Å². The first-order chi connectivity index (χ1) is 4.25. The molecule has 9 heavy (non-hydrogen) atoms. The van der Waals surface area contributed by atoms with Gasteiger partial charge in [0.25, 0.3) is 0 Å². The Morgan fingerprint density at radius 2 is 2.44 bits per heavy atom. The number of carboxylic acid groups (broad SMARTS) is 1. The summed E-state index contributed by atoms with van der Waals surface area (Å²) in [4.78, 5) is 10.2. The zero-order chi connectivity index (χ0) is 6.85. The second kappa shape index (κ2) is 2.35. The van der Waals surface area contributed by atoms with E-state index in [0.29, 0.717) is 12.5 Å². The molecule has 0 aromatic carbocycles. The van der Waals surface area contributed by atoms with Crippen LogP contribution in [0, 0.1) is 11.8 Å². The summed E-state index contributed by atoms with van der Waals surface area (Å²) >= 11 is 0. The lowest BCUT2D eigenvalue weighted by Gasteiger charge is -1.89. The molecular weight excluding hydrogens is 118 g/mol. The summed E-state index contributed by atoms with van der Waals surface area (Å²) < 4.78 is 0. The molecule has 1 fully saturated rings. The van der Waals surface area contributed by atoms with Crippen molar-refractivity contribution < 1.29 is 9.90 Å². The lowest BCUT2D eigenvalue weighted by atomic mass is 10.2. The van der Waals surface area contributed by atoms with Crippen LogP contribution in [0.5, 0.6) is 0 Å². The SMILES string of the molecule is NCC[C@H]1C[C@@H]1C(=O)O. The molecule has 0 unspecified atom stereocenters. The van der Waals surface area contributed by atoms with E-state index in [0.717, 1.165) is 12.8 Å². The smallest absolute Gasteiger partial charge is 0.306 e. The third-order valence-electron chi connectivity index (χ3n) is 1.78. The van der Waals surface area contributed by atoms with Gasteiger partial charge in [-0.2, -0.15) is 0 Å². The fourth-order valence-electron chi connectivity index (χ4n) is 1.08. The maximum Gasteiger partial charge on any atom is 0.306 e. The van der Waals surface area contributed by atoms with Crippen molar-refractivity contribution in [2.24, 2.45) is 17.6 Å². The lowest BCUT2D eigenvalue weighted by Crippen LogP contribution is -2.04. The van der Waals surface area contributed by atoms with Crippen LogP contribution in [0.25, 0.3) is 0 Å². The summed E-state index contributed by atoms with van der Waals surface area (Å²) in [6.45, 7) is 0.619. The maximum absolute atomic E-state index is 10.2. The molecule has 0 aromatic heterocycles. The molecule has 52 valence electrons. The maximum atomic E-state index is 10.2. The van der Waals surface area contributed by atoms with E-state index in [4.69, 9.17) is 10.8 Å². The Kier molecular flexibility index (Phi) is 1.71. The van der Waals surface area contributed by atoms with E-state index in [1.807, 2.05) is 0 Å². The van der Waals surface area contributed by atoms with Crippen molar-refractivity contribution in [3.63, 3.8) is 0 Å². The van der Waals surface area contributed by atoms with Crippen molar-refractivity contribution in [1.82, 2.24) is 0 Å². The number of nitrogens with two attached hydrogens (primary N) is 1. The van der Waals surface area contributed by atoms with Crippen molar-refractivity contribution in [2.45, 2.75) is 12.8 Å². The van der Waals surface area contributed by atoms with Crippen LogP contribution in [0.15, 0.2) is 0 Å². The number of carboxylic acids is 1. The largest absolute Gasteiger partial charge is 0.481 e. The van der Waals surface area contributed by atoms with Crippen LogP contribution in [-0.2, 0) is 4.79 Å². The van der Waals surface area contributed by atoms with Crippen LogP contribution >= 0.6 is 0 Å². The van der Waals surface area contributed by atoms with Crippen molar-refractivity contribution in [1.29, 1.82) is 0 Å². The highest BCUT2D eigenvalue weighted by molar-refractivity contribution is 5.73. The van der Waals surface area contributed by atoms with E-state index in [-0.39, 0.29) is 5.92 Å². The van der Waals surface area contributed by atoms with Crippen LogP contribution in [0.4, 0.5) is 0 Å². The Morgan fingerprint density at radius 3 is 2.78 bits per heavy atom. The molecule has 0 bridgehead atoms. The first-order valence-corrected chi connectivity index (χ1v) is 3.18. The Balaban J connectivity index is 2.17. The lowest BCUT2D eigenvalue weighted by molar-refractivity contribution is -0.138. The topological polar surface area (TPSA) is 63.3 Å². The quantitative estimate of drug-likeness (QED) is 0.566. The Bertz CT molecular complexity index is 124. The van der Waals surface area contributed by atoms with Gasteiger partial charge in [0.15, 0.2) is 0 Å².